The number of carbonyl (C=O) groups is 1. The van der Waals surface area contributed by atoms with Crippen LogP contribution in [-0.4, -0.2) is 32.2 Å². The minimum Gasteiger partial charge on any atom is -0.325 e. The van der Waals surface area contributed by atoms with Crippen LogP contribution in [0.3, 0.4) is 0 Å². The lowest BCUT2D eigenvalue weighted by Crippen LogP contribution is -2.35. The molecule has 0 aromatic heterocycles. The Balaban J connectivity index is 2.14. The van der Waals surface area contributed by atoms with E-state index in [0.717, 1.165) is 37.4 Å². The minimum absolute atomic E-state index is 0.201. The van der Waals surface area contributed by atoms with Gasteiger partial charge in [0.05, 0.1) is 22.0 Å². The second-order valence-electron chi connectivity index (χ2n) is 5.46. The lowest BCUT2D eigenvalue weighted by Gasteiger charge is -2.17. The number of halogens is 5. The molecule has 0 fully saturated rings. The Morgan fingerprint density at radius 3 is 2.44 bits per heavy atom. The first-order valence-electron chi connectivity index (χ1n) is 7.30. The number of anilines is 1. The molecule has 27 heavy (non-hydrogen) atoms. The zero-order valence-electron chi connectivity index (χ0n) is 13.7. The fourth-order valence-corrected chi connectivity index (χ4v) is 3.50. The second kappa shape index (κ2) is 7.83. The molecule has 146 valence electrons. The first kappa shape index (κ1) is 21.1. The van der Waals surface area contributed by atoms with Crippen LogP contribution in [0.25, 0.3) is 0 Å². The van der Waals surface area contributed by atoms with Crippen molar-refractivity contribution in [2.24, 2.45) is 0 Å². The fraction of sp³-hybridized carbons (Fsp3) is 0.188. The third-order valence-corrected chi connectivity index (χ3v) is 5.56. The van der Waals surface area contributed by atoms with Crippen LogP contribution >= 0.6 is 11.6 Å². The number of hydrogen-bond acceptors (Lipinski definition) is 3. The quantitative estimate of drug-likeness (QED) is 0.743. The molecule has 0 bridgehead atoms. The number of nitrogens with one attached hydrogen (secondary N) is 1. The van der Waals surface area contributed by atoms with Gasteiger partial charge in [-0.3, -0.25) is 4.79 Å². The van der Waals surface area contributed by atoms with Gasteiger partial charge in [-0.05, 0) is 36.4 Å². The number of nitrogens with zero attached hydrogens (tertiary/aromatic N) is 1. The maximum absolute atomic E-state index is 13.2. The summed E-state index contributed by atoms with van der Waals surface area (Å²) < 4.78 is 77.0. The van der Waals surface area contributed by atoms with Crippen molar-refractivity contribution in [1.29, 1.82) is 0 Å². The van der Waals surface area contributed by atoms with Crippen LogP contribution < -0.4 is 5.32 Å². The Morgan fingerprint density at radius 1 is 1.19 bits per heavy atom. The van der Waals surface area contributed by atoms with Crippen LogP contribution in [0.2, 0.25) is 5.02 Å². The summed E-state index contributed by atoms with van der Waals surface area (Å²) in [7, 11) is -3.07. The lowest BCUT2D eigenvalue weighted by atomic mass is 10.2. The van der Waals surface area contributed by atoms with E-state index in [1.54, 1.807) is 0 Å². The predicted octanol–water partition coefficient (Wildman–Crippen LogP) is 3.76. The van der Waals surface area contributed by atoms with Crippen molar-refractivity contribution in [3.63, 3.8) is 0 Å². The molecule has 0 spiro atoms. The van der Waals surface area contributed by atoms with Gasteiger partial charge in [0.15, 0.2) is 0 Å². The summed E-state index contributed by atoms with van der Waals surface area (Å²) >= 11 is 5.49. The highest BCUT2D eigenvalue weighted by atomic mass is 35.5. The molecule has 1 N–H and O–H groups in total. The van der Waals surface area contributed by atoms with Crippen molar-refractivity contribution >= 4 is 33.2 Å². The average Bonchev–Trinajstić information content (AvgIpc) is 2.55. The Labute approximate surface area is 157 Å². The van der Waals surface area contributed by atoms with Crippen molar-refractivity contribution in [3.05, 3.63) is 58.9 Å². The van der Waals surface area contributed by atoms with Crippen molar-refractivity contribution in [3.8, 4) is 0 Å². The van der Waals surface area contributed by atoms with E-state index in [9.17, 15) is 30.8 Å². The molecule has 0 radical (unpaired) electrons. The normalized spacial score (nSPS) is 12.3. The van der Waals surface area contributed by atoms with E-state index in [0.29, 0.717) is 10.4 Å². The van der Waals surface area contributed by atoms with E-state index in [1.165, 1.54) is 6.07 Å². The smallest absolute Gasteiger partial charge is 0.325 e. The Bertz CT molecular complexity index is 964. The lowest BCUT2D eigenvalue weighted by molar-refractivity contribution is -0.137. The number of likely N-dealkylation sites (N-methyl/N-ethyl adjacent to an activating group) is 1. The molecule has 0 aliphatic heterocycles. The Kier molecular flexibility index (Phi) is 6.13. The maximum atomic E-state index is 13.2. The van der Waals surface area contributed by atoms with Gasteiger partial charge in [0.1, 0.15) is 5.82 Å². The standard InChI is InChI=1S/C16H13ClF4N2O3S/c1-23(27(25,26)12-4-2-3-10(18)7-12)9-15(24)22-11-5-6-14(17)13(8-11)16(19,20)21/h2-8H,9H2,1H3,(H,22,24). The summed E-state index contributed by atoms with van der Waals surface area (Å²) in [4.78, 5) is 11.7. The number of benzene rings is 2. The summed E-state index contributed by atoms with van der Waals surface area (Å²) in [5.74, 6) is -1.65. The maximum Gasteiger partial charge on any atom is 0.417 e. The highest BCUT2D eigenvalue weighted by molar-refractivity contribution is 7.89. The van der Waals surface area contributed by atoms with Gasteiger partial charge in [0, 0.05) is 12.7 Å². The summed E-state index contributed by atoms with van der Waals surface area (Å²) in [6.45, 7) is -0.692. The molecule has 0 aliphatic carbocycles. The van der Waals surface area contributed by atoms with Gasteiger partial charge in [0.2, 0.25) is 15.9 Å². The van der Waals surface area contributed by atoms with E-state index in [1.807, 2.05) is 0 Å². The third kappa shape index (κ3) is 5.18. The molecule has 0 atom stereocenters. The van der Waals surface area contributed by atoms with Gasteiger partial charge in [-0.15, -0.1) is 0 Å². The molecule has 11 heteroatoms. The Morgan fingerprint density at radius 2 is 1.85 bits per heavy atom. The second-order valence-corrected chi connectivity index (χ2v) is 7.91. The van der Waals surface area contributed by atoms with Crippen molar-refractivity contribution in [2.75, 3.05) is 18.9 Å². The number of sulfonamides is 1. The monoisotopic (exact) mass is 424 g/mol. The molecule has 0 saturated heterocycles. The first-order chi connectivity index (χ1) is 12.4. The van der Waals surface area contributed by atoms with Crippen LogP contribution in [0.5, 0.6) is 0 Å². The van der Waals surface area contributed by atoms with Gasteiger partial charge in [-0.2, -0.15) is 17.5 Å². The number of rotatable bonds is 5. The average molecular weight is 425 g/mol. The topological polar surface area (TPSA) is 66.5 Å². The van der Waals surface area contributed by atoms with Gasteiger partial charge >= 0.3 is 6.18 Å². The van der Waals surface area contributed by atoms with Crippen LogP contribution in [0.1, 0.15) is 5.56 Å². The molecule has 1 amide bonds. The Hall–Kier alpha value is -2.17. The van der Waals surface area contributed by atoms with Crippen molar-refractivity contribution < 1.29 is 30.8 Å². The van der Waals surface area contributed by atoms with Crippen molar-refractivity contribution in [1.82, 2.24) is 4.31 Å². The SMILES string of the molecule is CN(CC(=O)Nc1ccc(Cl)c(C(F)(F)F)c1)S(=O)(=O)c1cccc(F)c1. The van der Waals surface area contributed by atoms with Crippen LogP contribution in [-0.2, 0) is 21.0 Å². The predicted molar refractivity (Wildman–Crippen MR) is 91.3 cm³/mol. The fourth-order valence-electron chi connectivity index (χ4n) is 2.12. The van der Waals surface area contributed by atoms with E-state index in [-0.39, 0.29) is 10.6 Å². The zero-order valence-corrected chi connectivity index (χ0v) is 15.3. The molecule has 0 unspecified atom stereocenters. The van der Waals surface area contributed by atoms with E-state index >= 15 is 0 Å². The molecule has 2 aromatic rings. The van der Waals surface area contributed by atoms with E-state index in [2.05, 4.69) is 5.32 Å². The summed E-state index contributed by atoms with van der Waals surface area (Å²) in [5, 5.41) is 1.63. The van der Waals surface area contributed by atoms with Crippen LogP contribution in [0, 0.1) is 5.82 Å². The van der Waals surface area contributed by atoms with Crippen LogP contribution in [0.4, 0.5) is 23.2 Å². The number of amides is 1. The molecule has 0 heterocycles. The third-order valence-electron chi connectivity index (χ3n) is 3.43. The van der Waals surface area contributed by atoms with E-state index in [4.69, 9.17) is 11.6 Å². The van der Waals surface area contributed by atoms with Gasteiger partial charge in [0.25, 0.3) is 0 Å². The van der Waals surface area contributed by atoms with Gasteiger partial charge < -0.3 is 5.32 Å². The number of alkyl halides is 3. The highest BCUT2D eigenvalue weighted by Crippen LogP contribution is 2.36. The van der Waals surface area contributed by atoms with E-state index < -0.39 is 45.1 Å². The molecule has 5 nitrogen and oxygen atoms in total. The molecule has 0 saturated carbocycles. The summed E-state index contributed by atoms with van der Waals surface area (Å²) in [6.07, 6.45) is -4.71. The highest BCUT2D eigenvalue weighted by Gasteiger charge is 2.33. The van der Waals surface area contributed by atoms with Crippen molar-refractivity contribution in [2.45, 2.75) is 11.1 Å². The van der Waals surface area contributed by atoms with Crippen LogP contribution in [0.15, 0.2) is 47.4 Å². The van der Waals surface area contributed by atoms with Gasteiger partial charge in [-0.25, -0.2) is 12.8 Å². The molecule has 0 aliphatic rings. The molecule has 2 rings (SSSR count). The number of carbonyl (C=O) groups excluding carboxylic acids is 1. The first-order valence-corrected chi connectivity index (χ1v) is 9.11. The number of hydrogen-bond donors (Lipinski definition) is 1. The molecular weight excluding hydrogens is 412 g/mol. The molecular formula is C16H13ClF4N2O3S. The summed E-state index contributed by atoms with van der Waals surface area (Å²) in [6, 6.07) is 6.96. The van der Waals surface area contributed by atoms with Gasteiger partial charge in [-0.1, -0.05) is 17.7 Å². The zero-order chi connectivity index (χ0) is 20.4. The molecule has 2 aromatic carbocycles. The largest absolute Gasteiger partial charge is 0.417 e. The minimum atomic E-state index is -4.71. The summed E-state index contributed by atoms with van der Waals surface area (Å²) in [5.41, 5.74) is -1.34.